The van der Waals surface area contributed by atoms with E-state index < -0.39 is 11.7 Å². The van der Waals surface area contributed by atoms with Crippen LogP contribution in [0, 0.1) is 0 Å². The number of halogens is 5. The van der Waals surface area contributed by atoms with E-state index in [1.807, 2.05) is 0 Å². The second-order valence-electron chi connectivity index (χ2n) is 4.23. The van der Waals surface area contributed by atoms with Gasteiger partial charge < -0.3 is 9.84 Å². The van der Waals surface area contributed by atoms with Gasteiger partial charge in [0.05, 0.1) is 15.6 Å². The molecule has 0 aliphatic heterocycles. The van der Waals surface area contributed by atoms with Crippen molar-refractivity contribution in [2.24, 2.45) is 0 Å². The molecule has 0 bridgehead atoms. The minimum absolute atomic E-state index is 0.0759. The molecule has 0 radical (unpaired) electrons. The molecule has 0 amide bonds. The molecule has 1 N–H and O–H groups in total. The Morgan fingerprint density at radius 3 is 2.24 bits per heavy atom. The number of phenols is 1. The molecule has 2 nitrogen and oxygen atoms in total. The highest BCUT2D eigenvalue weighted by atomic mass is 35.5. The zero-order chi connectivity index (χ0) is 15.6. The van der Waals surface area contributed by atoms with Crippen LogP contribution in [0.2, 0.25) is 10.0 Å². The highest BCUT2D eigenvalue weighted by Gasteiger charge is 2.30. The van der Waals surface area contributed by atoms with Crippen LogP contribution >= 0.6 is 23.2 Å². The highest BCUT2D eigenvalue weighted by Crippen LogP contribution is 2.37. The Bertz CT molecular complexity index is 634. The van der Waals surface area contributed by atoms with Crippen molar-refractivity contribution in [2.45, 2.75) is 12.8 Å². The number of rotatable bonds is 3. The topological polar surface area (TPSA) is 29.5 Å². The molecule has 0 atom stereocenters. The largest absolute Gasteiger partial charge is 0.508 e. The summed E-state index contributed by atoms with van der Waals surface area (Å²) in [5, 5.41) is 9.43. The van der Waals surface area contributed by atoms with E-state index >= 15 is 0 Å². The van der Waals surface area contributed by atoms with E-state index in [-0.39, 0.29) is 28.2 Å². The van der Waals surface area contributed by atoms with Gasteiger partial charge in [0, 0.05) is 12.1 Å². The second-order valence-corrected chi connectivity index (χ2v) is 5.04. The Morgan fingerprint density at radius 1 is 1.05 bits per heavy atom. The summed E-state index contributed by atoms with van der Waals surface area (Å²) in [6, 6.07) is 7.22. The fourth-order valence-corrected chi connectivity index (χ4v) is 2.26. The van der Waals surface area contributed by atoms with Crippen molar-refractivity contribution in [1.29, 1.82) is 0 Å². The van der Waals surface area contributed by atoms with E-state index in [1.54, 1.807) is 0 Å². The average molecular weight is 337 g/mol. The Balaban J connectivity index is 2.18. The zero-order valence-corrected chi connectivity index (χ0v) is 11.9. The molecule has 2 aromatic carbocycles. The Labute approximate surface area is 128 Å². The monoisotopic (exact) mass is 336 g/mol. The molecule has 0 fully saturated rings. The molecule has 21 heavy (non-hydrogen) atoms. The first-order valence-electron chi connectivity index (χ1n) is 5.74. The summed E-state index contributed by atoms with van der Waals surface area (Å²) in [4.78, 5) is 0. The van der Waals surface area contributed by atoms with Gasteiger partial charge in [0.25, 0.3) is 0 Å². The number of hydrogen-bond acceptors (Lipinski definition) is 2. The van der Waals surface area contributed by atoms with Crippen LogP contribution in [0.25, 0.3) is 0 Å². The third-order valence-electron chi connectivity index (χ3n) is 2.62. The van der Waals surface area contributed by atoms with Crippen molar-refractivity contribution in [3.63, 3.8) is 0 Å². The van der Waals surface area contributed by atoms with Gasteiger partial charge in [0.2, 0.25) is 0 Å². The van der Waals surface area contributed by atoms with Crippen molar-refractivity contribution in [3.05, 3.63) is 57.6 Å². The minimum Gasteiger partial charge on any atom is -0.508 e. The van der Waals surface area contributed by atoms with Gasteiger partial charge in [-0.2, -0.15) is 13.2 Å². The lowest BCUT2D eigenvalue weighted by atomic mass is 10.1. The van der Waals surface area contributed by atoms with Crippen LogP contribution in [-0.2, 0) is 12.8 Å². The predicted molar refractivity (Wildman–Crippen MR) is 73.9 cm³/mol. The van der Waals surface area contributed by atoms with E-state index in [0.29, 0.717) is 5.56 Å². The summed E-state index contributed by atoms with van der Waals surface area (Å²) < 4.78 is 43.1. The maximum absolute atomic E-state index is 12.6. The lowest BCUT2D eigenvalue weighted by Crippen LogP contribution is -2.06. The SMILES string of the molecule is Oc1cc(Cl)c(OCc2cccc(C(F)(F)F)c2)c(Cl)c1. The first-order valence-corrected chi connectivity index (χ1v) is 6.50. The average Bonchev–Trinajstić information content (AvgIpc) is 2.36. The van der Waals surface area contributed by atoms with Crippen molar-refractivity contribution in [1.82, 2.24) is 0 Å². The van der Waals surface area contributed by atoms with Crippen LogP contribution in [-0.4, -0.2) is 5.11 Å². The van der Waals surface area contributed by atoms with Crippen molar-refractivity contribution in [2.75, 3.05) is 0 Å². The third-order valence-corrected chi connectivity index (χ3v) is 3.18. The first kappa shape index (κ1) is 15.8. The number of hydrogen-bond donors (Lipinski definition) is 1. The minimum atomic E-state index is -4.41. The van der Waals surface area contributed by atoms with E-state index in [2.05, 4.69) is 0 Å². The van der Waals surface area contributed by atoms with Crippen LogP contribution in [0.3, 0.4) is 0 Å². The molecule has 0 aliphatic carbocycles. The van der Waals surface area contributed by atoms with Crippen LogP contribution in [0.1, 0.15) is 11.1 Å². The molecule has 0 saturated heterocycles. The Morgan fingerprint density at radius 2 is 1.67 bits per heavy atom. The number of benzene rings is 2. The van der Waals surface area contributed by atoms with Crippen LogP contribution in [0.5, 0.6) is 11.5 Å². The molecule has 0 aromatic heterocycles. The smallest absolute Gasteiger partial charge is 0.416 e. The molecule has 0 spiro atoms. The summed E-state index contributed by atoms with van der Waals surface area (Å²) in [5.74, 6) is -0.0232. The summed E-state index contributed by atoms with van der Waals surface area (Å²) in [6.45, 7) is -0.131. The van der Waals surface area contributed by atoms with Gasteiger partial charge in [-0.15, -0.1) is 0 Å². The summed E-state index contributed by atoms with van der Waals surface area (Å²) >= 11 is 11.7. The molecular formula is C14H9Cl2F3O2. The standard InChI is InChI=1S/C14H9Cl2F3O2/c15-11-5-10(20)6-12(16)13(11)21-7-8-2-1-3-9(4-8)14(17,18)19/h1-6,20H,7H2. The number of phenolic OH excluding ortho intramolecular Hbond substituents is 1. The quantitative estimate of drug-likeness (QED) is 0.824. The first-order chi connectivity index (χ1) is 9.77. The van der Waals surface area contributed by atoms with Gasteiger partial charge in [-0.05, 0) is 17.7 Å². The molecule has 0 aliphatic rings. The lowest BCUT2D eigenvalue weighted by molar-refractivity contribution is -0.137. The zero-order valence-electron chi connectivity index (χ0n) is 10.4. The normalized spacial score (nSPS) is 11.5. The van der Waals surface area contributed by atoms with Crippen LogP contribution < -0.4 is 4.74 Å². The predicted octanol–water partition coefficient (Wildman–Crippen LogP) is 5.30. The van der Waals surface area contributed by atoms with Crippen molar-refractivity contribution < 1.29 is 23.0 Å². The maximum Gasteiger partial charge on any atom is 0.416 e. The Hall–Kier alpha value is -1.59. The number of ether oxygens (including phenoxy) is 1. The Kier molecular flexibility index (Phi) is 4.54. The molecule has 0 unspecified atom stereocenters. The molecular weight excluding hydrogens is 328 g/mol. The lowest BCUT2D eigenvalue weighted by Gasteiger charge is -2.12. The molecule has 2 rings (SSSR count). The summed E-state index contributed by atoms with van der Waals surface area (Å²) in [6.07, 6.45) is -4.41. The fraction of sp³-hybridized carbons (Fsp3) is 0.143. The molecule has 0 heterocycles. The van der Waals surface area contributed by atoms with Crippen LogP contribution in [0.15, 0.2) is 36.4 Å². The fourth-order valence-electron chi connectivity index (χ4n) is 1.68. The van der Waals surface area contributed by atoms with Gasteiger partial charge in [-0.25, -0.2) is 0 Å². The number of aromatic hydroxyl groups is 1. The summed E-state index contributed by atoms with van der Waals surface area (Å²) in [7, 11) is 0. The van der Waals surface area contributed by atoms with E-state index in [0.717, 1.165) is 12.1 Å². The second kappa shape index (κ2) is 6.03. The van der Waals surface area contributed by atoms with Gasteiger partial charge in [-0.3, -0.25) is 0 Å². The van der Waals surface area contributed by atoms with Gasteiger partial charge >= 0.3 is 6.18 Å². The van der Waals surface area contributed by atoms with Crippen molar-refractivity contribution in [3.8, 4) is 11.5 Å². The number of alkyl halides is 3. The van der Waals surface area contributed by atoms with E-state index in [4.69, 9.17) is 27.9 Å². The van der Waals surface area contributed by atoms with E-state index in [1.165, 1.54) is 24.3 Å². The molecule has 0 saturated carbocycles. The van der Waals surface area contributed by atoms with Gasteiger partial charge in [0.15, 0.2) is 5.75 Å². The van der Waals surface area contributed by atoms with E-state index in [9.17, 15) is 18.3 Å². The van der Waals surface area contributed by atoms with Crippen molar-refractivity contribution >= 4 is 23.2 Å². The van der Waals surface area contributed by atoms with Crippen LogP contribution in [0.4, 0.5) is 13.2 Å². The molecule has 2 aromatic rings. The van der Waals surface area contributed by atoms with Gasteiger partial charge in [0.1, 0.15) is 12.4 Å². The maximum atomic E-state index is 12.6. The van der Waals surface area contributed by atoms with Gasteiger partial charge in [-0.1, -0.05) is 35.3 Å². The summed E-state index contributed by atoms with van der Waals surface area (Å²) in [5.41, 5.74) is -0.434. The third kappa shape index (κ3) is 3.95. The molecule has 112 valence electrons. The highest BCUT2D eigenvalue weighted by molar-refractivity contribution is 6.37. The molecule has 7 heteroatoms.